The van der Waals surface area contributed by atoms with Crippen LogP contribution in [0.5, 0.6) is 0 Å². The van der Waals surface area contributed by atoms with Gasteiger partial charge >= 0.3 is 0 Å². The number of carbonyl (C=O) groups is 1. The Hall–Kier alpha value is -2.87. The van der Waals surface area contributed by atoms with Crippen molar-refractivity contribution in [1.29, 1.82) is 0 Å². The molecular weight excluding hydrogens is 284 g/mol. The van der Waals surface area contributed by atoms with Gasteiger partial charge in [-0.15, -0.1) is 0 Å². The Kier molecular flexibility index (Phi) is 5.10. The molecule has 0 spiro atoms. The topological polar surface area (TPSA) is 115 Å². The molecule has 1 aromatic carbocycles. The molecule has 8 heteroatoms. The Morgan fingerprint density at radius 1 is 1.45 bits per heavy atom. The lowest BCUT2D eigenvalue weighted by Gasteiger charge is -2.09. The van der Waals surface area contributed by atoms with E-state index in [4.69, 9.17) is 10.5 Å². The summed E-state index contributed by atoms with van der Waals surface area (Å²) in [5.74, 6) is 0.295. The number of benzene rings is 1. The number of ether oxygens (including phenoxy) is 1. The second-order valence-electron chi connectivity index (χ2n) is 4.34. The van der Waals surface area contributed by atoms with Crippen LogP contribution in [-0.4, -0.2) is 35.7 Å². The minimum absolute atomic E-state index is 0.174. The van der Waals surface area contributed by atoms with Crippen LogP contribution in [0.15, 0.2) is 28.2 Å². The van der Waals surface area contributed by atoms with Crippen LogP contribution in [0.25, 0.3) is 10.9 Å². The van der Waals surface area contributed by atoms with Gasteiger partial charge in [-0.25, -0.2) is 15.0 Å². The maximum Gasteiger partial charge on any atom is 0.232 e. The highest BCUT2D eigenvalue weighted by atomic mass is 16.5. The fourth-order valence-electron chi connectivity index (χ4n) is 1.91. The zero-order chi connectivity index (χ0) is 15.9. The van der Waals surface area contributed by atoms with Gasteiger partial charge in [0, 0.05) is 25.0 Å². The summed E-state index contributed by atoms with van der Waals surface area (Å²) in [4.78, 5) is 27.7. The summed E-state index contributed by atoms with van der Waals surface area (Å²) in [6.07, 6.45) is 2.40. The Morgan fingerprint density at radius 2 is 2.27 bits per heavy atom. The average Bonchev–Trinajstić information content (AvgIpc) is 2.48. The Balaban J connectivity index is 2.63. The normalized spacial score (nSPS) is 11.5. The average molecular weight is 300 g/mol. The van der Waals surface area contributed by atoms with Crippen molar-refractivity contribution >= 4 is 41.3 Å². The van der Waals surface area contributed by atoms with E-state index in [0.717, 1.165) is 17.3 Å². The van der Waals surface area contributed by atoms with E-state index in [-0.39, 0.29) is 11.9 Å². The van der Waals surface area contributed by atoms with E-state index < -0.39 is 0 Å². The Morgan fingerprint density at radius 3 is 2.95 bits per heavy atom. The van der Waals surface area contributed by atoms with Crippen LogP contribution in [0.2, 0.25) is 0 Å². The van der Waals surface area contributed by atoms with Gasteiger partial charge in [0.05, 0.1) is 18.5 Å². The molecule has 0 unspecified atom stereocenters. The molecule has 2 rings (SSSR count). The van der Waals surface area contributed by atoms with Crippen LogP contribution in [0.4, 0.5) is 11.8 Å². The molecular formula is C14H16N6O2. The van der Waals surface area contributed by atoms with E-state index in [1.54, 1.807) is 7.11 Å². The SMILES string of the molecule is COCc1cccc2c(N=CN=CN)nc(NC(C)=O)nc12. The molecule has 8 nitrogen and oxygen atoms in total. The number of hydrogen-bond acceptors (Lipinski definition) is 5. The van der Waals surface area contributed by atoms with E-state index >= 15 is 0 Å². The molecule has 0 bridgehead atoms. The number of nitrogens with zero attached hydrogens (tertiary/aromatic N) is 4. The number of fused-ring (bicyclic) bond motifs is 1. The van der Waals surface area contributed by atoms with Crippen LogP contribution in [0, 0.1) is 0 Å². The van der Waals surface area contributed by atoms with Gasteiger partial charge in [-0.1, -0.05) is 12.1 Å². The molecule has 1 heterocycles. The van der Waals surface area contributed by atoms with Gasteiger partial charge in [-0.05, 0) is 6.07 Å². The fourth-order valence-corrected chi connectivity index (χ4v) is 1.91. The van der Waals surface area contributed by atoms with Crippen molar-refractivity contribution in [3.05, 3.63) is 23.8 Å². The number of nitrogens with one attached hydrogen (secondary N) is 1. The maximum atomic E-state index is 11.2. The number of para-hydroxylation sites is 1. The van der Waals surface area contributed by atoms with Gasteiger partial charge in [0.2, 0.25) is 11.9 Å². The third kappa shape index (κ3) is 3.61. The van der Waals surface area contributed by atoms with Gasteiger partial charge in [0.25, 0.3) is 0 Å². The van der Waals surface area contributed by atoms with Crippen LogP contribution in [-0.2, 0) is 16.1 Å². The van der Waals surface area contributed by atoms with Gasteiger partial charge in [0.1, 0.15) is 6.34 Å². The minimum Gasteiger partial charge on any atom is -0.390 e. The van der Waals surface area contributed by atoms with E-state index in [1.807, 2.05) is 18.2 Å². The number of aliphatic imine (C=N–C) groups is 2. The minimum atomic E-state index is -0.265. The lowest BCUT2D eigenvalue weighted by Crippen LogP contribution is -2.09. The van der Waals surface area contributed by atoms with Crippen molar-refractivity contribution in [3.8, 4) is 0 Å². The highest BCUT2D eigenvalue weighted by Gasteiger charge is 2.11. The first-order valence-corrected chi connectivity index (χ1v) is 6.47. The van der Waals surface area contributed by atoms with Crippen LogP contribution in [0.1, 0.15) is 12.5 Å². The molecule has 3 N–H and O–H groups in total. The van der Waals surface area contributed by atoms with Crippen molar-refractivity contribution in [2.75, 3.05) is 12.4 Å². The zero-order valence-electron chi connectivity index (χ0n) is 12.3. The number of nitrogens with two attached hydrogens (primary N) is 1. The van der Waals surface area contributed by atoms with Gasteiger partial charge in [-0.2, -0.15) is 4.98 Å². The van der Waals surface area contributed by atoms with Crippen molar-refractivity contribution in [2.45, 2.75) is 13.5 Å². The number of methoxy groups -OCH3 is 1. The molecule has 0 atom stereocenters. The molecule has 0 saturated heterocycles. The second kappa shape index (κ2) is 7.23. The zero-order valence-corrected chi connectivity index (χ0v) is 12.3. The standard InChI is InChI=1S/C14H16N6O2/c1-9(21)18-14-19-12-10(6-22-2)4-3-5-11(12)13(20-14)17-8-16-7-15/h3-5,7-8H,6H2,1-2H3,(H3,15,16,17,18,19,20,21). The van der Waals surface area contributed by atoms with Crippen molar-refractivity contribution < 1.29 is 9.53 Å². The number of amides is 1. The molecule has 0 saturated carbocycles. The summed E-state index contributed by atoms with van der Waals surface area (Å²) in [6, 6.07) is 5.59. The predicted molar refractivity (Wildman–Crippen MR) is 85.4 cm³/mol. The van der Waals surface area contributed by atoms with E-state index in [9.17, 15) is 4.79 Å². The molecule has 22 heavy (non-hydrogen) atoms. The molecule has 1 amide bonds. The van der Waals surface area contributed by atoms with Crippen LogP contribution in [0.3, 0.4) is 0 Å². The molecule has 1 aromatic heterocycles. The third-order valence-corrected chi connectivity index (χ3v) is 2.71. The predicted octanol–water partition coefficient (Wildman–Crippen LogP) is 1.38. The van der Waals surface area contributed by atoms with Crippen molar-refractivity contribution in [1.82, 2.24) is 9.97 Å². The quantitative estimate of drug-likeness (QED) is 0.639. The maximum absolute atomic E-state index is 11.2. The van der Waals surface area contributed by atoms with E-state index in [0.29, 0.717) is 17.9 Å². The molecule has 0 fully saturated rings. The summed E-state index contributed by atoms with van der Waals surface area (Å²) >= 11 is 0. The van der Waals surface area contributed by atoms with Gasteiger partial charge in [0.15, 0.2) is 5.82 Å². The van der Waals surface area contributed by atoms with Crippen molar-refractivity contribution in [2.24, 2.45) is 15.7 Å². The third-order valence-electron chi connectivity index (χ3n) is 2.71. The van der Waals surface area contributed by atoms with Crippen molar-refractivity contribution in [3.63, 3.8) is 0 Å². The summed E-state index contributed by atoms with van der Waals surface area (Å²) in [6.45, 7) is 1.77. The molecule has 0 aliphatic heterocycles. The highest BCUT2D eigenvalue weighted by molar-refractivity contribution is 5.94. The highest BCUT2D eigenvalue weighted by Crippen LogP contribution is 2.27. The molecule has 114 valence electrons. The van der Waals surface area contributed by atoms with E-state index in [2.05, 4.69) is 25.3 Å². The largest absolute Gasteiger partial charge is 0.390 e. The molecule has 0 radical (unpaired) electrons. The summed E-state index contributed by atoms with van der Waals surface area (Å²) < 4.78 is 5.17. The molecule has 2 aromatic rings. The molecule has 0 aliphatic carbocycles. The lowest BCUT2D eigenvalue weighted by atomic mass is 10.1. The second-order valence-corrected chi connectivity index (χ2v) is 4.34. The van der Waals surface area contributed by atoms with E-state index in [1.165, 1.54) is 13.3 Å². The summed E-state index contributed by atoms with van der Waals surface area (Å²) in [5.41, 5.74) is 6.70. The number of rotatable bonds is 5. The monoisotopic (exact) mass is 300 g/mol. The number of hydrogen-bond donors (Lipinski definition) is 2. The Labute approximate surface area is 127 Å². The smallest absolute Gasteiger partial charge is 0.232 e. The van der Waals surface area contributed by atoms with Crippen LogP contribution < -0.4 is 11.1 Å². The fraction of sp³-hybridized carbons (Fsp3) is 0.214. The first-order valence-electron chi connectivity index (χ1n) is 6.47. The van der Waals surface area contributed by atoms with Gasteiger partial charge in [-0.3, -0.25) is 10.1 Å². The van der Waals surface area contributed by atoms with Gasteiger partial charge < -0.3 is 10.5 Å². The number of carbonyl (C=O) groups excluding carboxylic acids is 1. The summed E-state index contributed by atoms with van der Waals surface area (Å²) in [7, 11) is 1.60. The Bertz CT molecular complexity index is 741. The lowest BCUT2D eigenvalue weighted by molar-refractivity contribution is -0.114. The number of aromatic nitrogens is 2. The first-order chi connectivity index (χ1) is 10.7. The molecule has 0 aliphatic rings. The number of anilines is 1. The summed E-state index contributed by atoms with van der Waals surface area (Å²) in [5, 5.41) is 3.29. The first kappa shape index (κ1) is 15.5. The van der Waals surface area contributed by atoms with Crippen LogP contribution >= 0.6 is 0 Å².